The zero-order valence-corrected chi connectivity index (χ0v) is 12.3. The summed E-state index contributed by atoms with van der Waals surface area (Å²) < 4.78 is 0. The zero-order chi connectivity index (χ0) is 13.2. The summed E-state index contributed by atoms with van der Waals surface area (Å²) in [4.78, 5) is 2.46. The molecule has 0 aromatic heterocycles. The van der Waals surface area contributed by atoms with Crippen LogP contribution in [0.1, 0.15) is 26.7 Å². The summed E-state index contributed by atoms with van der Waals surface area (Å²) in [5.74, 6) is 0.767. The topological polar surface area (TPSA) is 15.3 Å². The number of benzene rings is 1. The minimum Gasteiger partial charge on any atom is -0.365 e. The van der Waals surface area contributed by atoms with E-state index >= 15 is 0 Å². The van der Waals surface area contributed by atoms with Crippen molar-refractivity contribution in [2.75, 3.05) is 25.0 Å². The maximum absolute atomic E-state index is 6.33. The van der Waals surface area contributed by atoms with Gasteiger partial charge in [-0.15, -0.1) is 0 Å². The second-order valence-corrected chi connectivity index (χ2v) is 6.24. The van der Waals surface area contributed by atoms with E-state index in [0.29, 0.717) is 0 Å². The van der Waals surface area contributed by atoms with Crippen molar-refractivity contribution in [1.29, 1.82) is 0 Å². The first-order valence-electron chi connectivity index (χ1n) is 6.71. The number of nitrogens with one attached hydrogen (secondary N) is 1. The molecular formula is C15H23ClN2. The van der Waals surface area contributed by atoms with Gasteiger partial charge < -0.3 is 10.2 Å². The Morgan fingerprint density at radius 2 is 2.11 bits per heavy atom. The third-order valence-corrected chi connectivity index (χ3v) is 4.24. The lowest BCUT2D eigenvalue weighted by molar-refractivity contribution is 0.270. The number of halogens is 1. The van der Waals surface area contributed by atoms with E-state index in [9.17, 15) is 0 Å². The number of para-hydroxylation sites is 1. The Bertz CT molecular complexity index is 403. The molecule has 0 radical (unpaired) electrons. The third-order valence-electron chi connectivity index (χ3n) is 3.92. The van der Waals surface area contributed by atoms with Crippen LogP contribution in [0.5, 0.6) is 0 Å². The van der Waals surface area contributed by atoms with Gasteiger partial charge in [0.2, 0.25) is 0 Å². The molecule has 2 rings (SSSR count). The Labute approximate surface area is 115 Å². The first kappa shape index (κ1) is 13.7. The number of hydrogen-bond acceptors (Lipinski definition) is 2. The smallest absolute Gasteiger partial charge is 0.0639 e. The summed E-state index contributed by atoms with van der Waals surface area (Å²) in [5, 5.41) is 4.16. The highest BCUT2D eigenvalue weighted by Gasteiger charge is 2.35. The highest BCUT2D eigenvalue weighted by Crippen LogP contribution is 2.38. The molecule has 1 atom stereocenters. The van der Waals surface area contributed by atoms with Crippen LogP contribution in [0.2, 0.25) is 5.02 Å². The second kappa shape index (κ2) is 5.50. The molecule has 0 amide bonds. The molecule has 1 heterocycles. The molecule has 3 heteroatoms. The maximum Gasteiger partial charge on any atom is 0.0639 e. The number of anilines is 1. The van der Waals surface area contributed by atoms with Crippen molar-refractivity contribution in [3.8, 4) is 0 Å². The molecule has 1 aliphatic rings. The molecule has 1 aliphatic heterocycles. The SMILES string of the molecule is CNCC1CCN(c2ccccc2Cl)C(C)(C)C1. The molecule has 18 heavy (non-hydrogen) atoms. The molecule has 1 aromatic rings. The van der Waals surface area contributed by atoms with Gasteiger partial charge in [-0.2, -0.15) is 0 Å². The van der Waals surface area contributed by atoms with E-state index in [1.165, 1.54) is 18.5 Å². The van der Waals surface area contributed by atoms with Gasteiger partial charge in [0.1, 0.15) is 0 Å². The monoisotopic (exact) mass is 266 g/mol. The molecule has 1 saturated heterocycles. The van der Waals surface area contributed by atoms with E-state index in [1.54, 1.807) is 0 Å². The number of nitrogens with zero attached hydrogens (tertiary/aromatic N) is 1. The number of hydrogen-bond donors (Lipinski definition) is 1. The molecule has 0 bridgehead atoms. The molecule has 2 nitrogen and oxygen atoms in total. The van der Waals surface area contributed by atoms with Crippen molar-refractivity contribution in [3.63, 3.8) is 0 Å². The summed E-state index contributed by atoms with van der Waals surface area (Å²) in [7, 11) is 2.04. The maximum atomic E-state index is 6.33. The van der Waals surface area contributed by atoms with Gasteiger partial charge in [0.05, 0.1) is 10.7 Å². The Balaban J connectivity index is 2.18. The minimum atomic E-state index is 0.171. The fourth-order valence-electron chi connectivity index (χ4n) is 3.11. The van der Waals surface area contributed by atoms with Gasteiger partial charge in [-0.05, 0) is 58.3 Å². The van der Waals surface area contributed by atoms with E-state index in [0.717, 1.165) is 24.0 Å². The van der Waals surface area contributed by atoms with Gasteiger partial charge >= 0.3 is 0 Å². The summed E-state index contributed by atoms with van der Waals surface area (Å²) in [6.07, 6.45) is 2.44. The lowest BCUT2D eigenvalue weighted by Gasteiger charge is -2.47. The van der Waals surface area contributed by atoms with Crippen LogP contribution in [0, 0.1) is 5.92 Å². The van der Waals surface area contributed by atoms with Crippen LogP contribution in [-0.2, 0) is 0 Å². The Kier molecular flexibility index (Phi) is 4.18. The van der Waals surface area contributed by atoms with E-state index in [4.69, 9.17) is 11.6 Å². The molecular weight excluding hydrogens is 244 g/mol. The summed E-state index contributed by atoms with van der Waals surface area (Å²) in [6.45, 7) is 6.83. The first-order valence-corrected chi connectivity index (χ1v) is 7.09. The van der Waals surface area contributed by atoms with Crippen molar-refractivity contribution in [2.45, 2.75) is 32.2 Å². The molecule has 1 fully saturated rings. The molecule has 1 N–H and O–H groups in total. The molecule has 0 aliphatic carbocycles. The first-order chi connectivity index (χ1) is 8.54. The third kappa shape index (κ3) is 2.81. The van der Waals surface area contributed by atoms with Gasteiger partial charge in [0.15, 0.2) is 0 Å². The van der Waals surface area contributed by atoms with Gasteiger partial charge in [-0.3, -0.25) is 0 Å². The summed E-state index contributed by atoms with van der Waals surface area (Å²) in [5.41, 5.74) is 1.34. The van der Waals surface area contributed by atoms with E-state index in [2.05, 4.69) is 36.2 Å². The van der Waals surface area contributed by atoms with Crippen molar-refractivity contribution in [2.24, 2.45) is 5.92 Å². The Morgan fingerprint density at radius 1 is 1.39 bits per heavy atom. The van der Waals surface area contributed by atoms with Gasteiger partial charge in [-0.25, -0.2) is 0 Å². The zero-order valence-electron chi connectivity index (χ0n) is 11.5. The minimum absolute atomic E-state index is 0.171. The van der Waals surface area contributed by atoms with Gasteiger partial charge in [0.25, 0.3) is 0 Å². The summed E-state index contributed by atoms with van der Waals surface area (Å²) >= 11 is 6.33. The van der Waals surface area contributed by atoms with Crippen LogP contribution in [0.3, 0.4) is 0 Å². The average molecular weight is 267 g/mol. The lowest BCUT2D eigenvalue weighted by Crippen LogP contribution is -2.51. The summed E-state index contributed by atoms with van der Waals surface area (Å²) in [6, 6.07) is 8.17. The van der Waals surface area contributed by atoms with Crippen molar-refractivity contribution in [1.82, 2.24) is 5.32 Å². The van der Waals surface area contributed by atoms with Gasteiger partial charge in [0, 0.05) is 12.1 Å². The molecule has 100 valence electrons. The predicted octanol–water partition coefficient (Wildman–Crippen LogP) is 3.55. The Morgan fingerprint density at radius 3 is 2.72 bits per heavy atom. The highest BCUT2D eigenvalue weighted by molar-refractivity contribution is 6.33. The van der Waals surface area contributed by atoms with E-state index in [1.807, 2.05) is 19.2 Å². The van der Waals surface area contributed by atoms with E-state index < -0.39 is 0 Å². The fourth-order valence-corrected chi connectivity index (χ4v) is 3.35. The van der Waals surface area contributed by atoms with Crippen molar-refractivity contribution < 1.29 is 0 Å². The average Bonchev–Trinajstić information content (AvgIpc) is 2.30. The van der Waals surface area contributed by atoms with Crippen LogP contribution in [-0.4, -0.2) is 25.7 Å². The van der Waals surface area contributed by atoms with Crippen LogP contribution in [0.25, 0.3) is 0 Å². The highest BCUT2D eigenvalue weighted by atomic mass is 35.5. The van der Waals surface area contributed by atoms with Crippen LogP contribution in [0.15, 0.2) is 24.3 Å². The Hall–Kier alpha value is -0.730. The molecule has 1 aromatic carbocycles. The quantitative estimate of drug-likeness (QED) is 0.900. The second-order valence-electron chi connectivity index (χ2n) is 5.83. The van der Waals surface area contributed by atoms with Crippen LogP contribution < -0.4 is 10.2 Å². The molecule has 1 unspecified atom stereocenters. The van der Waals surface area contributed by atoms with Crippen molar-refractivity contribution in [3.05, 3.63) is 29.3 Å². The normalized spacial score (nSPS) is 23.1. The molecule has 0 saturated carbocycles. The fraction of sp³-hybridized carbons (Fsp3) is 0.600. The van der Waals surface area contributed by atoms with E-state index in [-0.39, 0.29) is 5.54 Å². The van der Waals surface area contributed by atoms with Crippen LogP contribution in [0.4, 0.5) is 5.69 Å². The largest absolute Gasteiger partial charge is 0.365 e. The lowest BCUT2D eigenvalue weighted by atomic mass is 9.82. The van der Waals surface area contributed by atoms with Crippen molar-refractivity contribution >= 4 is 17.3 Å². The molecule has 0 spiro atoms. The van der Waals surface area contributed by atoms with Crippen LogP contribution >= 0.6 is 11.6 Å². The number of piperidine rings is 1. The van der Waals surface area contributed by atoms with Gasteiger partial charge in [-0.1, -0.05) is 23.7 Å². The standard InChI is InChI=1S/C15H23ClN2/c1-15(2)10-12(11-17-3)8-9-18(15)14-7-5-4-6-13(14)16/h4-7,12,17H,8-11H2,1-3H3. The number of rotatable bonds is 3. The predicted molar refractivity (Wildman–Crippen MR) is 79.5 cm³/mol.